The number of hydrogen-bond donors (Lipinski definition) is 0. The Labute approximate surface area is 71.4 Å². The summed E-state index contributed by atoms with van der Waals surface area (Å²) in [4.78, 5) is 0. The van der Waals surface area contributed by atoms with Crippen LogP contribution in [0.4, 0.5) is 0 Å². The van der Waals surface area contributed by atoms with Gasteiger partial charge in [0.05, 0.1) is 0 Å². The summed E-state index contributed by atoms with van der Waals surface area (Å²) in [5, 5.41) is 0. The molecule has 0 bridgehead atoms. The predicted octanol–water partition coefficient (Wildman–Crippen LogP) is 3.86. The van der Waals surface area contributed by atoms with Gasteiger partial charge in [-0.1, -0.05) is 27.7 Å². The van der Waals surface area contributed by atoms with E-state index in [0.717, 1.165) is 17.3 Å². The van der Waals surface area contributed by atoms with Crippen LogP contribution in [0.3, 0.4) is 0 Å². The van der Waals surface area contributed by atoms with E-state index in [-0.39, 0.29) is 0 Å². The number of hydrogen-bond acceptors (Lipinski definition) is 0. The fourth-order valence-corrected chi connectivity index (χ4v) is 1.37. The van der Waals surface area contributed by atoms with Gasteiger partial charge in [-0.3, -0.25) is 0 Å². The second kappa shape index (κ2) is 3.16. The fourth-order valence-electron chi connectivity index (χ4n) is 1.37. The summed E-state index contributed by atoms with van der Waals surface area (Å²) < 4.78 is 0. The Morgan fingerprint density at radius 2 is 1.73 bits per heavy atom. The highest BCUT2D eigenvalue weighted by Gasteiger charge is 2.36. The van der Waals surface area contributed by atoms with Gasteiger partial charge in [-0.15, -0.1) is 0 Å². The fraction of sp³-hybridized carbons (Fsp3) is 1.00. The van der Waals surface area contributed by atoms with E-state index in [2.05, 4.69) is 27.7 Å². The molecule has 0 saturated heterocycles. The molecule has 0 heterocycles. The zero-order valence-corrected chi connectivity index (χ0v) is 8.48. The molecule has 0 aromatic rings. The minimum absolute atomic E-state index is 0.767. The molecule has 1 fully saturated rings. The Morgan fingerprint density at radius 3 is 2.09 bits per heavy atom. The maximum absolute atomic E-state index is 2.43. The van der Waals surface area contributed by atoms with E-state index < -0.39 is 0 Å². The molecule has 66 valence electrons. The van der Waals surface area contributed by atoms with Gasteiger partial charge in [0.2, 0.25) is 0 Å². The van der Waals surface area contributed by atoms with E-state index in [0.29, 0.717) is 0 Å². The maximum Gasteiger partial charge on any atom is -0.0325 e. The second-order valence-corrected chi connectivity index (χ2v) is 5.07. The summed E-state index contributed by atoms with van der Waals surface area (Å²) >= 11 is 0. The van der Waals surface area contributed by atoms with Crippen LogP contribution in [0.2, 0.25) is 0 Å². The molecule has 0 aromatic carbocycles. The molecular formula is C11H22. The van der Waals surface area contributed by atoms with Crippen molar-refractivity contribution >= 4 is 0 Å². The van der Waals surface area contributed by atoms with Gasteiger partial charge >= 0.3 is 0 Å². The molecule has 1 saturated carbocycles. The lowest BCUT2D eigenvalue weighted by molar-refractivity contribution is 0.343. The van der Waals surface area contributed by atoms with Gasteiger partial charge in [0.15, 0.2) is 0 Å². The SMILES string of the molecule is CC(C)[C@H](C)CCC1(C)CC1. The summed E-state index contributed by atoms with van der Waals surface area (Å²) in [6, 6.07) is 0. The third-order valence-corrected chi connectivity index (χ3v) is 3.44. The van der Waals surface area contributed by atoms with Crippen LogP contribution in [-0.4, -0.2) is 0 Å². The monoisotopic (exact) mass is 154 g/mol. The van der Waals surface area contributed by atoms with E-state index in [9.17, 15) is 0 Å². The highest BCUT2D eigenvalue weighted by molar-refractivity contribution is 4.88. The first-order valence-electron chi connectivity index (χ1n) is 5.03. The molecule has 0 heteroatoms. The first-order valence-corrected chi connectivity index (χ1v) is 5.03. The van der Waals surface area contributed by atoms with Gasteiger partial charge in [-0.25, -0.2) is 0 Å². The smallest absolute Gasteiger partial charge is 0.0325 e. The van der Waals surface area contributed by atoms with Crippen molar-refractivity contribution in [3.8, 4) is 0 Å². The molecule has 0 N–H and O–H groups in total. The Morgan fingerprint density at radius 1 is 1.18 bits per heavy atom. The van der Waals surface area contributed by atoms with Crippen LogP contribution in [-0.2, 0) is 0 Å². The molecule has 0 amide bonds. The average Bonchev–Trinajstić information content (AvgIpc) is 2.64. The lowest BCUT2D eigenvalue weighted by atomic mass is 9.89. The van der Waals surface area contributed by atoms with Crippen molar-refractivity contribution in [1.29, 1.82) is 0 Å². The predicted molar refractivity (Wildman–Crippen MR) is 50.6 cm³/mol. The highest BCUT2D eigenvalue weighted by atomic mass is 14.4. The van der Waals surface area contributed by atoms with Gasteiger partial charge in [-0.2, -0.15) is 0 Å². The highest BCUT2D eigenvalue weighted by Crippen LogP contribution is 2.49. The zero-order chi connectivity index (χ0) is 8.48. The minimum atomic E-state index is 0.767. The largest absolute Gasteiger partial charge is 0.0625 e. The van der Waals surface area contributed by atoms with Crippen LogP contribution in [0, 0.1) is 17.3 Å². The molecule has 1 rings (SSSR count). The average molecular weight is 154 g/mol. The molecule has 1 aliphatic carbocycles. The maximum atomic E-state index is 2.43. The Kier molecular flexibility index (Phi) is 2.61. The van der Waals surface area contributed by atoms with Gasteiger partial charge in [0.1, 0.15) is 0 Å². The van der Waals surface area contributed by atoms with Gasteiger partial charge in [-0.05, 0) is 42.9 Å². The van der Waals surface area contributed by atoms with Gasteiger partial charge in [0, 0.05) is 0 Å². The lowest BCUT2D eigenvalue weighted by Gasteiger charge is -2.17. The van der Waals surface area contributed by atoms with Crippen LogP contribution < -0.4 is 0 Å². The molecule has 0 aliphatic heterocycles. The summed E-state index contributed by atoms with van der Waals surface area (Å²) in [5.41, 5.74) is 0.767. The van der Waals surface area contributed by atoms with Gasteiger partial charge < -0.3 is 0 Å². The van der Waals surface area contributed by atoms with Crippen molar-refractivity contribution in [2.45, 2.75) is 53.4 Å². The quantitative estimate of drug-likeness (QED) is 0.577. The molecule has 0 unspecified atom stereocenters. The summed E-state index contributed by atoms with van der Waals surface area (Å²) in [5.74, 6) is 1.80. The molecule has 0 spiro atoms. The molecule has 1 aliphatic rings. The topological polar surface area (TPSA) is 0 Å². The molecule has 0 aromatic heterocycles. The van der Waals surface area contributed by atoms with Crippen molar-refractivity contribution in [1.82, 2.24) is 0 Å². The summed E-state index contributed by atoms with van der Waals surface area (Å²) in [7, 11) is 0. The van der Waals surface area contributed by atoms with Crippen LogP contribution in [0.25, 0.3) is 0 Å². The lowest BCUT2D eigenvalue weighted by Crippen LogP contribution is -2.06. The standard InChI is InChI=1S/C11H22/c1-9(2)10(3)5-6-11(4)7-8-11/h9-10H,5-8H2,1-4H3/t10-/m1/s1. The number of rotatable bonds is 4. The van der Waals surface area contributed by atoms with E-state index in [1.54, 1.807) is 0 Å². The second-order valence-electron chi connectivity index (χ2n) is 5.07. The first kappa shape index (κ1) is 9.09. The van der Waals surface area contributed by atoms with E-state index >= 15 is 0 Å². The molecule has 0 radical (unpaired) electrons. The third-order valence-electron chi connectivity index (χ3n) is 3.44. The van der Waals surface area contributed by atoms with Crippen LogP contribution in [0.5, 0.6) is 0 Å². The van der Waals surface area contributed by atoms with Crippen molar-refractivity contribution in [3.63, 3.8) is 0 Å². The summed E-state index contributed by atoms with van der Waals surface area (Å²) in [6.45, 7) is 9.48. The Bertz CT molecular complexity index is 120. The van der Waals surface area contributed by atoms with E-state index in [1.165, 1.54) is 25.7 Å². The molecule has 11 heavy (non-hydrogen) atoms. The molecule has 1 atom stereocenters. The van der Waals surface area contributed by atoms with Crippen LogP contribution in [0.1, 0.15) is 53.4 Å². The van der Waals surface area contributed by atoms with Crippen LogP contribution in [0.15, 0.2) is 0 Å². The minimum Gasteiger partial charge on any atom is -0.0625 e. The Balaban J connectivity index is 2.11. The summed E-state index contributed by atoms with van der Waals surface area (Å²) in [6.07, 6.45) is 5.87. The van der Waals surface area contributed by atoms with Crippen LogP contribution >= 0.6 is 0 Å². The Hall–Kier alpha value is 0. The molecular weight excluding hydrogens is 132 g/mol. The van der Waals surface area contributed by atoms with Crippen molar-refractivity contribution in [3.05, 3.63) is 0 Å². The van der Waals surface area contributed by atoms with Gasteiger partial charge in [0.25, 0.3) is 0 Å². The third kappa shape index (κ3) is 2.84. The first-order chi connectivity index (χ1) is 5.03. The van der Waals surface area contributed by atoms with E-state index in [1.807, 2.05) is 0 Å². The van der Waals surface area contributed by atoms with Crippen molar-refractivity contribution < 1.29 is 0 Å². The zero-order valence-electron chi connectivity index (χ0n) is 8.48. The van der Waals surface area contributed by atoms with Crippen molar-refractivity contribution in [2.75, 3.05) is 0 Å². The normalized spacial score (nSPS) is 23.7. The van der Waals surface area contributed by atoms with E-state index in [4.69, 9.17) is 0 Å². The molecule has 0 nitrogen and oxygen atoms in total. The van der Waals surface area contributed by atoms with Crippen molar-refractivity contribution in [2.24, 2.45) is 17.3 Å².